The number of carbonyl (C=O) groups is 1. The van der Waals surface area contributed by atoms with Crippen molar-refractivity contribution in [2.45, 2.75) is 19.0 Å². The highest BCUT2D eigenvalue weighted by Gasteiger charge is 2.19. The molecule has 0 fully saturated rings. The van der Waals surface area contributed by atoms with Crippen LogP contribution in [0.1, 0.15) is 12.5 Å². The van der Waals surface area contributed by atoms with Crippen molar-refractivity contribution in [3.05, 3.63) is 60.3 Å². The summed E-state index contributed by atoms with van der Waals surface area (Å²) in [5.41, 5.74) is 4.67. The van der Waals surface area contributed by atoms with Crippen LogP contribution in [0, 0.1) is 6.92 Å². The van der Waals surface area contributed by atoms with Gasteiger partial charge < -0.3 is 14.6 Å². The number of carbonyl (C=O) groups excluding carboxylic acids is 1. The molecule has 170 valence electrons. The van der Waals surface area contributed by atoms with Crippen molar-refractivity contribution in [1.29, 1.82) is 0 Å². The van der Waals surface area contributed by atoms with E-state index in [9.17, 15) is 4.79 Å². The summed E-state index contributed by atoms with van der Waals surface area (Å²) < 4.78 is 9.09. The van der Waals surface area contributed by atoms with E-state index < -0.39 is 0 Å². The van der Waals surface area contributed by atoms with Gasteiger partial charge in [-0.2, -0.15) is 5.10 Å². The van der Waals surface area contributed by atoms with Gasteiger partial charge in [-0.15, -0.1) is 10.2 Å². The number of hydrogen-bond donors (Lipinski definition) is 1. The summed E-state index contributed by atoms with van der Waals surface area (Å²) >= 11 is 1.34. The molecular formula is C24H26N6O2S. The molecular weight excluding hydrogens is 436 g/mol. The maximum atomic E-state index is 12.4. The summed E-state index contributed by atoms with van der Waals surface area (Å²) in [6, 6.07) is 15.5. The Balaban J connectivity index is 1.45. The van der Waals surface area contributed by atoms with Crippen molar-refractivity contribution < 1.29 is 9.53 Å². The van der Waals surface area contributed by atoms with Crippen molar-refractivity contribution in [3.8, 4) is 28.4 Å². The van der Waals surface area contributed by atoms with E-state index in [0.717, 1.165) is 28.3 Å². The van der Waals surface area contributed by atoms with Crippen molar-refractivity contribution in [2.24, 2.45) is 14.1 Å². The third-order valence-electron chi connectivity index (χ3n) is 5.01. The Morgan fingerprint density at radius 1 is 1.06 bits per heavy atom. The molecule has 2 aromatic carbocycles. The smallest absolute Gasteiger partial charge is 0.234 e. The van der Waals surface area contributed by atoms with Crippen LogP contribution in [-0.4, -0.2) is 42.8 Å². The normalized spacial score (nSPS) is 10.9. The molecule has 0 aliphatic carbocycles. The van der Waals surface area contributed by atoms with Gasteiger partial charge >= 0.3 is 0 Å². The quantitative estimate of drug-likeness (QED) is 0.393. The number of benzene rings is 2. The average Bonchev–Trinajstić information content (AvgIpc) is 3.36. The molecule has 0 aliphatic rings. The predicted octanol–water partition coefficient (Wildman–Crippen LogP) is 4.32. The van der Waals surface area contributed by atoms with Gasteiger partial charge in [-0.05, 0) is 38.1 Å². The molecule has 0 saturated heterocycles. The van der Waals surface area contributed by atoms with Crippen LogP contribution in [0.3, 0.4) is 0 Å². The Kier molecular flexibility index (Phi) is 6.79. The SMILES string of the molecule is CCOc1ccc(NC(=O)CSc2nnc(-c3cn(C)nc3-c3ccc(C)cc3)n2C)cc1. The minimum atomic E-state index is -0.115. The van der Waals surface area contributed by atoms with Gasteiger partial charge in [0, 0.05) is 31.5 Å². The van der Waals surface area contributed by atoms with Crippen LogP contribution in [0.25, 0.3) is 22.6 Å². The highest BCUT2D eigenvalue weighted by atomic mass is 32.2. The second-order valence-electron chi connectivity index (χ2n) is 7.59. The van der Waals surface area contributed by atoms with Gasteiger partial charge in [0.1, 0.15) is 11.4 Å². The lowest BCUT2D eigenvalue weighted by molar-refractivity contribution is -0.113. The standard InChI is InChI=1S/C24H26N6O2S/c1-5-32-19-12-10-18(11-13-19)25-21(31)15-33-24-27-26-23(30(24)4)20-14-29(3)28-22(20)17-8-6-16(2)7-9-17/h6-14H,5,15H2,1-4H3,(H,25,31). The van der Waals surface area contributed by atoms with Crippen LogP contribution in [-0.2, 0) is 18.9 Å². The zero-order valence-electron chi connectivity index (χ0n) is 19.1. The number of aryl methyl sites for hydroxylation is 2. The van der Waals surface area contributed by atoms with Crippen LogP contribution in [0.5, 0.6) is 5.75 Å². The van der Waals surface area contributed by atoms with Crippen LogP contribution in [0.15, 0.2) is 59.9 Å². The predicted molar refractivity (Wildman–Crippen MR) is 130 cm³/mol. The van der Waals surface area contributed by atoms with E-state index in [1.165, 1.54) is 17.3 Å². The molecule has 1 amide bonds. The summed E-state index contributed by atoms with van der Waals surface area (Å²) in [5.74, 6) is 1.58. The van der Waals surface area contributed by atoms with Crippen molar-refractivity contribution in [1.82, 2.24) is 24.5 Å². The lowest BCUT2D eigenvalue weighted by atomic mass is 10.1. The van der Waals surface area contributed by atoms with Gasteiger partial charge in [-0.3, -0.25) is 9.48 Å². The average molecular weight is 463 g/mol. The minimum absolute atomic E-state index is 0.115. The van der Waals surface area contributed by atoms with E-state index >= 15 is 0 Å². The Morgan fingerprint density at radius 3 is 2.48 bits per heavy atom. The van der Waals surface area contributed by atoms with Crippen molar-refractivity contribution in [3.63, 3.8) is 0 Å². The molecule has 2 heterocycles. The maximum absolute atomic E-state index is 12.4. The first-order valence-corrected chi connectivity index (χ1v) is 11.6. The number of nitrogens with zero attached hydrogens (tertiary/aromatic N) is 5. The molecule has 0 spiro atoms. The molecule has 9 heteroatoms. The molecule has 0 atom stereocenters. The second kappa shape index (κ2) is 9.91. The zero-order chi connectivity index (χ0) is 23.4. The first kappa shape index (κ1) is 22.6. The van der Waals surface area contributed by atoms with Gasteiger partial charge in [0.25, 0.3) is 0 Å². The Hall–Kier alpha value is -3.59. The molecule has 1 N–H and O–H groups in total. The van der Waals surface area contributed by atoms with Crippen LogP contribution < -0.4 is 10.1 Å². The fraction of sp³-hybridized carbons (Fsp3) is 0.250. The second-order valence-corrected chi connectivity index (χ2v) is 8.53. The van der Waals surface area contributed by atoms with Crippen LogP contribution in [0.2, 0.25) is 0 Å². The minimum Gasteiger partial charge on any atom is -0.494 e. The largest absolute Gasteiger partial charge is 0.494 e. The topological polar surface area (TPSA) is 86.9 Å². The highest BCUT2D eigenvalue weighted by Crippen LogP contribution is 2.31. The lowest BCUT2D eigenvalue weighted by Gasteiger charge is -2.07. The molecule has 0 saturated carbocycles. The number of amides is 1. The van der Waals surface area contributed by atoms with E-state index in [1.54, 1.807) is 4.68 Å². The zero-order valence-corrected chi connectivity index (χ0v) is 19.9. The Bertz CT molecular complexity index is 1250. The molecule has 0 aliphatic heterocycles. The first-order chi connectivity index (χ1) is 15.9. The molecule has 4 rings (SSSR count). The van der Waals surface area contributed by atoms with Crippen LogP contribution in [0.4, 0.5) is 5.69 Å². The van der Waals surface area contributed by atoms with E-state index in [0.29, 0.717) is 17.6 Å². The molecule has 4 aromatic rings. The number of aromatic nitrogens is 5. The van der Waals surface area contributed by atoms with Crippen molar-refractivity contribution in [2.75, 3.05) is 17.7 Å². The number of ether oxygens (including phenoxy) is 1. The fourth-order valence-electron chi connectivity index (χ4n) is 3.38. The molecule has 2 aromatic heterocycles. The lowest BCUT2D eigenvalue weighted by Crippen LogP contribution is -2.14. The summed E-state index contributed by atoms with van der Waals surface area (Å²) in [6.07, 6.45) is 1.94. The third kappa shape index (κ3) is 5.25. The first-order valence-electron chi connectivity index (χ1n) is 10.6. The maximum Gasteiger partial charge on any atom is 0.234 e. The monoisotopic (exact) mass is 462 g/mol. The van der Waals surface area contributed by atoms with E-state index in [1.807, 2.05) is 56.0 Å². The molecule has 0 unspecified atom stereocenters. The number of anilines is 1. The Labute approximate surface area is 197 Å². The van der Waals surface area contributed by atoms with Gasteiger partial charge in [0.15, 0.2) is 11.0 Å². The number of rotatable bonds is 8. The molecule has 0 radical (unpaired) electrons. The summed E-state index contributed by atoms with van der Waals surface area (Å²) in [6.45, 7) is 4.59. The molecule has 8 nitrogen and oxygen atoms in total. The number of nitrogens with one attached hydrogen (secondary N) is 1. The van der Waals surface area contributed by atoms with E-state index in [4.69, 9.17) is 4.74 Å². The summed E-state index contributed by atoms with van der Waals surface area (Å²) in [7, 11) is 3.78. The van der Waals surface area contributed by atoms with Gasteiger partial charge in [-0.25, -0.2) is 0 Å². The Morgan fingerprint density at radius 2 is 1.79 bits per heavy atom. The highest BCUT2D eigenvalue weighted by molar-refractivity contribution is 7.99. The van der Waals surface area contributed by atoms with Crippen molar-refractivity contribution >= 4 is 23.4 Å². The third-order valence-corrected chi connectivity index (χ3v) is 6.03. The van der Waals surface area contributed by atoms with E-state index in [-0.39, 0.29) is 11.7 Å². The van der Waals surface area contributed by atoms with Gasteiger partial charge in [0.05, 0.1) is 17.9 Å². The van der Waals surface area contributed by atoms with Gasteiger partial charge in [0.2, 0.25) is 5.91 Å². The van der Waals surface area contributed by atoms with Gasteiger partial charge in [-0.1, -0.05) is 41.6 Å². The number of thioether (sulfide) groups is 1. The molecule has 33 heavy (non-hydrogen) atoms. The number of hydrogen-bond acceptors (Lipinski definition) is 6. The van der Waals surface area contributed by atoms with E-state index in [2.05, 4.69) is 51.8 Å². The summed E-state index contributed by atoms with van der Waals surface area (Å²) in [5, 5.41) is 16.9. The molecule has 0 bridgehead atoms. The fourth-order valence-corrected chi connectivity index (χ4v) is 4.09. The van der Waals surface area contributed by atoms with Crippen LogP contribution >= 0.6 is 11.8 Å². The summed E-state index contributed by atoms with van der Waals surface area (Å²) in [4.78, 5) is 12.4.